The van der Waals surface area contributed by atoms with Gasteiger partial charge in [0.1, 0.15) is 18.5 Å². The van der Waals surface area contributed by atoms with E-state index in [0.29, 0.717) is 54.1 Å². The van der Waals surface area contributed by atoms with Crippen LogP contribution in [0.4, 0.5) is 5.13 Å². The highest BCUT2D eigenvalue weighted by Crippen LogP contribution is 2.34. The van der Waals surface area contributed by atoms with Gasteiger partial charge < -0.3 is 19.8 Å². The Morgan fingerprint density at radius 2 is 1.92 bits per heavy atom. The first-order valence-corrected chi connectivity index (χ1v) is 14.4. The Hall–Kier alpha value is -3.06. The van der Waals surface area contributed by atoms with Crippen LogP contribution in [0.1, 0.15) is 37.7 Å². The fourth-order valence-electron chi connectivity index (χ4n) is 4.11. The van der Waals surface area contributed by atoms with Crippen LogP contribution in [-0.4, -0.2) is 65.9 Å². The van der Waals surface area contributed by atoms with Gasteiger partial charge in [0, 0.05) is 12.0 Å². The van der Waals surface area contributed by atoms with E-state index >= 15 is 0 Å². The van der Waals surface area contributed by atoms with Crippen molar-refractivity contribution in [3.63, 3.8) is 0 Å². The predicted octanol–water partition coefficient (Wildman–Crippen LogP) is 2.88. The SMILES string of the molecule is O=C(Nc1nc2ccc(OCCO)cc2s1)/C(=N/O[C@@H]1CC[C@@H](O)C1)c1ccc(S(=O)(=O)C2CC2)cc1. The van der Waals surface area contributed by atoms with Crippen LogP contribution in [0.3, 0.4) is 0 Å². The molecule has 3 aromatic rings. The number of carbonyl (C=O) groups excluding carboxylic acids is 1. The molecule has 0 aliphatic heterocycles. The van der Waals surface area contributed by atoms with Gasteiger partial charge in [-0.15, -0.1) is 0 Å². The first kappa shape index (κ1) is 25.6. The number of aliphatic hydroxyl groups is 2. The van der Waals surface area contributed by atoms with Crippen LogP contribution in [0.25, 0.3) is 10.2 Å². The molecule has 0 spiro atoms. The third kappa shape index (κ3) is 5.93. The molecule has 1 heterocycles. The van der Waals surface area contributed by atoms with E-state index in [-0.39, 0.29) is 35.2 Å². The Morgan fingerprint density at radius 3 is 2.59 bits per heavy atom. The Labute approximate surface area is 217 Å². The van der Waals surface area contributed by atoms with Crippen LogP contribution in [-0.2, 0) is 19.5 Å². The molecule has 0 radical (unpaired) electrons. The van der Waals surface area contributed by atoms with Gasteiger partial charge in [-0.05, 0) is 56.0 Å². The maximum atomic E-state index is 13.3. The van der Waals surface area contributed by atoms with Crippen molar-refractivity contribution in [1.82, 2.24) is 4.98 Å². The summed E-state index contributed by atoms with van der Waals surface area (Å²) in [4.78, 5) is 23.5. The summed E-state index contributed by atoms with van der Waals surface area (Å²) in [5.41, 5.74) is 1.04. The summed E-state index contributed by atoms with van der Waals surface area (Å²) in [5.74, 6) is 0.0193. The number of hydrogen-bond acceptors (Lipinski definition) is 10. The van der Waals surface area contributed by atoms with E-state index < -0.39 is 21.8 Å². The third-order valence-electron chi connectivity index (χ3n) is 6.22. The van der Waals surface area contributed by atoms with Gasteiger partial charge in [-0.1, -0.05) is 28.6 Å². The minimum Gasteiger partial charge on any atom is -0.491 e. The number of ether oxygens (including phenoxy) is 1. The fourth-order valence-corrected chi connectivity index (χ4v) is 6.65. The zero-order valence-corrected chi connectivity index (χ0v) is 21.5. The number of hydrogen-bond donors (Lipinski definition) is 3. The van der Waals surface area contributed by atoms with Crippen molar-refractivity contribution in [3.05, 3.63) is 48.0 Å². The number of carbonyl (C=O) groups is 1. The van der Waals surface area contributed by atoms with E-state index in [9.17, 15) is 18.3 Å². The van der Waals surface area contributed by atoms with Crippen LogP contribution >= 0.6 is 11.3 Å². The normalized spacial score (nSPS) is 20.2. The monoisotopic (exact) mass is 545 g/mol. The number of nitrogens with zero attached hydrogens (tertiary/aromatic N) is 2. The van der Waals surface area contributed by atoms with Gasteiger partial charge in [0.25, 0.3) is 5.91 Å². The van der Waals surface area contributed by atoms with E-state index in [1.807, 2.05) is 0 Å². The van der Waals surface area contributed by atoms with Crippen molar-refractivity contribution in [1.29, 1.82) is 0 Å². The molecule has 0 bridgehead atoms. The van der Waals surface area contributed by atoms with Gasteiger partial charge in [-0.25, -0.2) is 13.4 Å². The molecule has 2 aromatic carbocycles. The molecule has 2 aliphatic carbocycles. The van der Waals surface area contributed by atoms with Crippen LogP contribution < -0.4 is 10.1 Å². The lowest BCUT2D eigenvalue weighted by molar-refractivity contribution is -0.110. The molecule has 5 rings (SSSR count). The van der Waals surface area contributed by atoms with E-state index in [2.05, 4.69) is 15.5 Å². The molecular weight excluding hydrogens is 518 g/mol. The maximum Gasteiger partial charge on any atom is 0.280 e. The van der Waals surface area contributed by atoms with Crippen molar-refractivity contribution in [2.75, 3.05) is 18.5 Å². The van der Waals surface area contributed by atoms with Gasteiger partial charge >= 0.3 is 0 Å². The number of oxime groups is 1. The summed E-state index contributed by atoms with van der Waals surface area (Å²) in [7, 11) is -3.36. The number of amides is 1. The minimum atomic E-state index is -3.36. The quantitative estimate of drug-likeness (QED) is 0.260. The number of aromatic nitrogens is 1. The van der Waals surface area contributed by atoms with Crippen LogP contribution in [0.5, 0.6) is 5.75 Å². The van der Waals surface area contributed by atoms with Gasteiger partial charge in [0.2, 0.25) is 0 Å². The smallest absolute Gasteiger partial charge is 0.280 e. The van der Waals surface area contributed by atoms with Gasteiger partial charge in [0.05, 0.1) is 33.1 Å². The number of thiazole rings is 1. The highest BCUT2D eigenvalue weighted by molar-refractivity contribution is 7.92. The van der Waals surface area contributed by atoms with Crippen LogP contribution in [0, 0.1) is 0 Å². The zero-order valence-electron chi connectivity index (χ0n) is 19.9. The molecule has 2 fully saturated rings. The average molecular weight is 546 g/mol. The summed E-state index contributed by atoms with van der Waals surface area (Å²) in [6.45, 7) is 0.0754. The highest BCUT2D eigenvalue weighted by Gasteiger charge is 2.37. The first-order valence-electron chi connectivity index (χ1n) is 12.1. The summed E-state index contributed by atoms with van der Waals surface area (Å²) in [6, 6.07) is 11.3. The van der Waals surface area contributed by atoms with Crippen LogP contribution in [0.15, 0.2) is 52.5 Å². The van der Waals surface area contributed by atoms with E-state index in [0.717, 1.165) is 4.70 Å². The number of rotatable bonds is 10. The lowest BCUT2D eigenvalue weighted by Crippen LogP contribution is -2.25. The fraction of sp³-hybridized carbons (Fsp3) is 0.400. The second-order valence-electron chi connectivity index (χ2n) is 9.08. The molecule has 2 atom stereocenters. The average Bonchev–Trinajstić information content (AvgIpc) is 3.56. The van der Waals surface area contributed by atoms with E-state index in [1.165, 1.54) is 23.5 Å². The second-order valence-corrected chi connectivity index (χ2v) is 12.3. The Bertz CT molecular complexity index is 1420. The molecular formula is C25H27N3O7S2. The molecule has 2 aliphatic rings. The number of sulfone groups is 1. The van der Waals surface area contributed by atoms with Crippen molar-refractivity contribution in [2.24, 2.45) is 5.16 Å². The van der Waals surface area contributed by atoms with Crippen LogP contribution in [0.2, 0.25) is 0 Å². The summed E-state index contributed by atoms with van der Waals surface area (Å²) >= 11 is 1.25. The molecule has 1 aromatic heterocycles. The molecule has 0 saturated heterocycles. The van der Waals surface area contributed by atoms with Crippen molar-refractivity contribution >= 4 is 48.1 Å². The molecule has 3 N–H and O–H groups in total. The number of nitrogens with one attached hydrogen (secondary N) is 1. The number of aliphatic hydroxyl groups excluding tert-OH is 2. The minimum absolute atomic E-state index is 0.0250. The highest BCUT2D eigenvalue weighted by atomic mass is 32.2. The standard InChI is InChI=1S/C25H27N3O7S2/c29-11-12-34-17-5-10-21-22(14-17)36-25(26-21)27-24(31)23(28-35-18-4-3-16(30)13-18)15-1-6-19(7-2-15)37(32,33)20-8-9-20/h1-2,5-7,10,14,16,18,20,29-30H,3-4,8-9,11-13H2,(H,26,27,31)/b28-23+/t16-,18-/m1/s1. The molecule has 196 valence electrons. The molecule has 0 unspecified atom stereocenters. The molecule has 2 saturated carbocycles. The first-order chi connectivity index (χ1) is 17.8. The zero-order chi connectivity index (χ0) is 26.0. The Balaban J connectivity index is 1.38. The van der Waals surface area contributed by atoms with Gasteiger partial charge in [-0.2, -0.15) is 0 Å². The van der Waals surface area contributed by atoms with Gasteiger partial charge in [0.15, 0.2) is 20.7 Å². The molecule has 10 nitrogen and oxygen atoms in total. The predicted molar refractivity (Wildman–Crippen MR) is 139 cm³/mol. The summed E-state index contributed by atoms with van der Waals surface area (Å²) in [5, 5.41) is 25.6. The van der Waals surface area contributed by atoms with E-state index in [4.69, 9.17) is 14.7 Å². The second kappa shape index (κ2) is 10.7. The van der Waals surface area contributed by atoms with Crippen molar-refractivity contribution in [3.8, 4) is 5.75 Å². The van der Waals surface area contributed by atoms with Gasteiger partial charge in [-0.3, -0.25) is 10.1 Å². The Kier molecular flexibility index (Phi) is 7.43. The van der Waals surface area contributed by atoms with E-state index in [1.54, 1.807) is 30.3 Å². The lowest BCUT2D eigenvalue weighted by Gasteiger charge is -2.11. The third-order valence-corrected chi connectivity index (χ3v) is 9.44. The summed E-state index contributed by atoms with van der Waals surface area (Å²) in [6.07, 6.45) is 2.21. The van der Waals surface area contributed by atoms with Crippen molar-refractivity contribution in [2.45, 2.75) is 54.5 Å². The molecule has 1 amide bonds. The molecule has 12 heteroatoms. The maximum absolute atomic E-state index is 13.3. The number of fused-ring (bicyclic) bond motifs is 1. The number of benzene rings is 2. The lowest BCUT2D eigenvalue weighted by atomic mass is 10.1. The largest absolute Gasteiger partial charge is 0.491 e. The molecule has 37 heavy (non-hydrogen) atoms. The topological polar surface area (TPSA) is 147 Å². The van der Waals surface area contributed by atoms with Crippen molar-refractivity contribution < 1.29 is 33.0 Å². The number of anilines is 1. The summed E-state index contributed by atoms with van der Waals surface area (Å²) < 4.78 is 31.3. The Morgan fingerprint density at radius 1 is 1.14 bits per heavy atom.